The molecule has 0 saturated carbocycles. The average molecular weight is 273 g/mol. The predicted molar refractivity (Wildman–Crippen MR) is 81.0 cm³/mol. The highest BCUT2D eigenvalue weighted by atomic mass is 16.2. The van der Waals surface area contributed by atoms with Gasteiger partial charge in [0.05, 0.1) is 12.2 Å². The molecule has 1 heterocycles. The van der Waals surface area contributed by atoms with Crippen LogP contribution in [0.4, 0.5) is 0 Å². The van der Waals surface area contributed by atoms with Crippen molar-refractivity contribution in [1.29, 1.82) is 0 Å². The lowest BCUT2D eigenvalue weighted by Gasteiger charge is -2.33. The highest BCUT2D eigenvalue weighted by Gasteiger charge is 2.25. The fourth-order valence-electron chi connectivity index (χ4n) is 2.67. The molecule has 0 aliphatic heterocycles. The molecule has 0 bridgehead atoms. The quantitative estimate of drug-likeness (QED) is 0.896. The van der Waals surface area contributed by atoms with Gasteiger partial charge in [0.1, 0.15) is 0 Å². The summed E-state index contributed by atoms with van der Waals surface area (Å²) in [6, 6.07) is 0.175. The van der Waals surface area contributed by atoms with E-state index in [0.29, 0.717) is 6.42 Å². The van der Waals surface area contributed by atoms with Crippen LogP contribution in [0.5, 0.6) is 0 Å². The lowest BCUT2D eigenvalue weighted by molar-refractivity contribution is -0.131. The molecule has 2 rings (SSSR count). The number of hydrogen-bond donors (Lipinski definition) is 1. The van der Waals surface area contributed by atoms with Crippen LogP contribution < -0.4 is 0 Å². The van der Waals surface area contributed by atoms with E-state index in [0.717, 1.165) is 24.8 Å². The van der Waals surface area contributed by atoms with Crippen LogP contribution in [0.3, 0.4) is 0 Å². The summed E-state index contributed by atoms with van der Waals surface area (Å²) in [5.41, 5.74) is 3.67. The number of rotatable bonds is 5. The Morgan fingerprint density at radius 1 is 1.45 bits per heavy atom. The molecule has 1 aliphatic carbocycles. The fraction of sp³-hybridized carbons (Fsp3) is 0.500. The first-order valence-corrected chi connectivity index (χ1v) is 7.31. The van der Waals surface area contributed by atoms with Crippen LogP contribution in [0.2, 0.25) is 0 Å². The minimum atomic E-state index is 0.175. The Kier molecular flexibility index (Phi) is 4.77. The van der Waals surface area contributed by atoms with Gasteiger partial charge in [-0.3, -0.25) is 9.89 Å². The molecule has 1 N–H and O–H groups in total. The summed E-state index contributed by atoms with van der Waals surface area (Å²) in [5, 5.41) is 6.85. The summed E-state index contributed by atoms with van der Waals surface area (Å²) in [4.78, 5) is 14.1. The summed E-state index contributed by atoms with van der Waals surface area (Å²) in [6.45, 7) is 4.19. The van der Waals surface area contributed by atoms with Crippen LogP contribution in [0.15, 0.2) is 30.1 Å². The summed E-state index contributed by atoms with van der Waals surface area (Å²) in [7, 11) is 1.92. The molecular formula is C16H23N3O. The molecule has 108 valence electrons. The third-order valence-corrected chi connectivity index (χ3v) is 3.94. The van der Waals surface area contributed by atoms with Gasteiger partial charge in [0.15, 0.2) is 0 Å². The fourth-order valence-corrected chi connectivity index (χ4v) is 2.67. The van der Waals surface area contributed by atoms with Crippen LogP contribution in [0.25, 0.3) is 5.57 Å². The zero-order chi connectivity index (χ0) is 14.5. The van der Waals surface area contributed by atoms with Crippen molar-refractivity contribution < 1.29 is 4.79 Å². The molecule has 0 fully saturated rings. The number of amides is 1. The van der Waals surface area contributed by atoms with Crippen molar-refractivity contribution in [2.75, 3.05) is 7.05 Å². The summed E-state index contributed by atoms with van der Waals surface area (Å²) in [6.07, 6.45) is 11.4. The largest absolute Gasteiger partial charge is 0.339 e. The zero-order valence-corrected chi connectivity index (χ0v) is 12.5. The zero-order valence-electron chi connectivity index (χ0n) is 12.5. The van der Waals surface area contributed by atoms with Gasteiger partial charge >= 0.3 is 0 Å². The maximum Gasteiger partial charge on any atom is 0.222 e. The third-order valence-electron chi connectivity index (χ3n) is 3.94. The maximum absolute atomic E-state index is 12.2. The first kappa shape index (κ1) is 14.6. The van der Waals surface area contributed by atoms with Crippen molar-refractivity contribution in [3.05, 3.63) is 35.7 Å². The van der Waals surface area contributed by atoms with Crippen LogP contribution in [0, 0.1) is 0 Å². The van der Waals surface area contributed by atoms with Crippen LogP contribution in [0.1, 0.15) is 45.1 Å². The molecular weight excluding hydrogens is 250 g/mol. The molecule has 0 aromatic carbocycles. The Balaban J connectivity index is 2.19. The van der Waals surface area contributed by atoms with Gasteiger partial charge in [-0.2, -0.15) is 5.10 Å². The minimum Gasteiger partial charge on any atom is -0.339 e. The molecule has 1 aromatic heterocycles. The second kappa shape index (κ2) is 6.55. The van der Waals surface area contributed by atoms with E-state index in [4.69, 9.17) is 0 Å². The van der Waals surface area contributed by atoms with Crippen LogP contribution >= 0.6 is 0 Å². The maximum atomic E-state index is 12.2. The molecule has 1 aliphatic rings. The lowest BCUT2D eigenvalue weighted by atomic mass is 9.88. The number of likely N-dealkylation sites (N-methyl/N-ethyl adjacent to an activating group) is 1. The van der Waals surface area contributed by atoms with E-state index in [2.05, 4.69) is 29.3 Å². The van der Waals surface area contributed by atoms with Crippen molar-refractivity contribution in [3.63, 3.8) is 0 Å². The van der Waals surface area contributed by atoms with Gasteiger partial charge in [0.25, 0.3) is 0 Å². The van der Waals surface area contributed by atoms with Crippen molar-refractivity contribution in [1.82, 2.24) is 15.1 Å². The van der Waals surface area contributed by atoms with Crippen molar-refractivity contribution >= 4 is 11.5 Å². The van der Waals surface area contributed by atoms with Crippen molar-refractivity contribution in [2.24, 2.45) is 0 Å². The number of H-pyrrole nitrogens is 1. The topological polar surface area (TPSA) is 49.0 Å². The smallest absolute Gasteiger partial charge is 0.222 e. The van der Waals surface area contributed by atoms with E-state index in [1.807, 2.05) is 31.3 Å². The number of nitrogens with one attached hydrogen (secondary N) is 1. The molecule has 4 nitrogen and oxygen atoms in total. The monoisotopic (exact) mass is 273 g/mol. The summed E-state index contributed by atoms with van der Waals surface area (Å²) < 4.78 is 0. The third kappa shape index (κ3) is 3.00. The Morgan fingerprint density at radius 3 is 2.85 bits per heavy atom. The van der Waals surface area contributed by atoms with Gasteiger partial charge in [0, 0.05) is 25.2 Å². The van der Waals surface area contributed by atoms with Gasteiger partial charge in [0.2, 0.25) is 5.91 Å². The average Bonchev–Trinajstić information content (AvgIpc) is 3.00. The van der Waals surface area contributed by atoms with E-state index in [-0.39, 0.29) is 11.9 Å². The SMILES string of the molecule is CCCC(=O)N(C)C1CC(c2cn[nH]c2)=CC=C1CC. The van der Waals surface area contributed by atoms with Gasteiger partial charge < -0.3 is 4.90 Å². The molecule has 1 unspecified atom stereocenters. The molecule has 20 heavy (non-hydrogen) atoms. The summed E-state index contributed by atoms with van der Waals surface area (Å²) >= 11 is 0. The first-order valence-electron chi connectivity index (χ1n) is 7.31. The molecule has 1 amide bonds. The van der Waals surface area contributed by atoms with Gasteiger partial charge in [-0.15, -0.1) is 0 Å². The van der Waals surface area contributed by atoms with E-state index in [1.54, 1.807) is 0 Å². The molecule has 0 spiro atoms. The Labute approximate surface area is 120 Å². The summed E-state index contributed by atoms with van der Waals surface area (Å²) in [5.74, 6) is 0.227. The Bertz CT molecular complexity index is 514. The highest BCUT2D eigenvalue weighted by molar-refractivity contribution is 5.78. The molecule has 0 radical (unpaired) electrons. The Morgan fingerprint density at radius 2 is 2.25 bits per heavy atom. The molecule has 0 saturated heterocycles. The van der Waals surface area contributed by atoms with E-state index >= 15 is 0 Å². The predicted octanol–water partition coefficient (Wildman–Crippen LogP) is 3.16. The van der Waals surface area contributed by atoms with E-state index < -0.39 is 0 Å². The van der Waals surface area contributed by atoms with Gasteiger partial charge in [-0.1, -0.05) is 26.0 Å². The number of allylic oxidation sites excluding steroid dienone is 2. The number of aromatic amines is 1. The highest BCUT2D eigenvalue weighted by Crippen LogP contribution is 2.30. The van der Waals surface area contributed by atoms with Crippen molar-refractivity contribution in [2.45, 2.75) is 45.6 Å². The molecule has 1 atom stereocenters. The number of carbonyl (C=O) groups excluding carboxylic acids is 1. The molecule has 4 heteroatoms. The van der Waals surface area contributed by atoms with Crippen LogP contribution in [-0.4, -0.2) is 34.1 Å². The number of hydrogen-bond acceptors (Lipinski definition) is 2. The lowest BCUT2D eigenvalue weighted by Crippen LogP contribution is -2.39. The van der Waals surface area contributed by atoms with Gasteiger partial charge in [-0.05, 0) is 30.4 Å². The van der Waals surface area contributed by atoms with E-state index in [1.165, 1.54) is 11.1 Å². The number of carbonyl (C=O) groups is 1. The number of nitrogens with zero attached hydrogens (tertiary/aromatic N) is 2. The minimum absolute atomic E-state index is 0.175. The van der Waals surface area contributed by atoms with Crippen molar-refractivity contribution in [3.8, 4) is 0 Å². The van der Waals surface area contributed by atoms with E-state index in [9.17, 15) is 4.79 Å². The van der Waals surface area contributed by atoms with Crippen LogP contribution in [-0.2, 0) is 4.79 Å². The second-order valence-corrected chi connectivity index (χ2v) is 5.25. The second-order valence-electron chi connectivity index (χ2n) is 5.25. The first-order chi connectivity index (χ1) is 9.67. The van der Waals surface area contributed by atoms with Gasteiger partial charge in [-0.25, -0.2) is 0 Å². The molecule has 1 aromatic rings. The number of aromatic nitrogens is 2. The normalized spacial score (nSPS) is 18.4. The standard InChI is InChI=1S/C16H23N3O/c1-4-6-16(20)19(3)15-9-13(8-7-12(15)5-2)14-10-17-18-11-14/h7-8,10-11,15H,4-6,9H2,1-3H3,(H,17,18). The Hall–Kier alpha value is -1.84.